The number of anilines is 2. The van der Waals surface area contributed by atoms with Crippen molar-refractivity contribution in [1.29, 1.82) is 0 Å². The topological polar surface area (TPSA) is 146 Å². The van der Waals surface area contributed by atoms with E-state index in [1.54, 1.807) is 48.7 Å². The number of oxazole rings is 1. The van der Waals surface area contributed by atoms with Crippen LogP contribution in [-0.2, 0) is 9.59 Å². The van der Waals surface area contributed by atoms with E-state index in [-0.39, 0.29) is 19.0 Å². The van der Waals surface area contributed by atoms with Crippen molar-refractivity contribution in [2.75, 3.05) is 11.9 Å². The van der Waals surface area contributed by atoms with Gasteiger partial charge in [0.05, 0.1) is 19.0 Å². The zero-order chi connectivity index (χ0) is 23.9. The number of hydrogen-bond donors (Lipinski definition) is 4. The van der Waals surface area contributed by atoms with Gasteiger partial charge in [-0.25, -0.2) is 0 Å². The van der Waals surface area contributed by atoms with Gasteiger partial charge in [-0.3, -0.25) is 19.4 Å². The smallest absolute Gasteiger partial charge is 0.305 e. The average molecular weight is 459 g/mol. The van der Waals surface area contributed by atoms with E-state index in [1.807, 2.05) is 18.2 Å². The fourth-order valence-corrected chi connectivity index (χ4v) is 3.30. The number of nitrogens with zero attached hydrogens (tertiary/aromatic N) is 2. The number of carboxylic acid groups (broad SMARTS) is 1. The molecule has 2 aromatic heterocycles. The van der Waals surface area contributed by atoms with Crippen LogP contribution in [0.2, 0.25) is 0 Å². The number of para-hydroxylation sites is 2. The number of aromatic nitrogens is 2. The summed E-state index contributed by atoms with van der Waals surface area (Å²) in [5.74, 6) is -2.06. The number of nitrogens with one attached hydrogen (secondary N) is 3. The van der Waals surface area contributed by atoms with Gasteiger partial charge < -0.3 is 25.5 Å². The molecule has 0 spiro atoms. The molecular formula is C24H21N5O5. The monoisotopic (exact) mass is 459 g/mol. The highest BCUT2D eigenvalue weighted by Gasteiger charge is 2.19. The van der Waals surface area contributed by atoms with Crippen LogP contribution < -0.4 is 16.0 Å². The van der Waals surface area contributed by atoms with Crippen LogP contribution in [0, 0.1) is 0 Å². The Bertz CT molecular complexity index is 1290. The number of fused-ring (bicyclic) bond motifs is 1. The average Bonchev–Trinajstić information content (AvgIpc) is 3.25. The van der Waals surface area contributed by atoms with Crippen molar-refractivity contribution >= 4 is 40.6 Å². The molecule has 4 N–H and O–H groups in total. The third-order valence-corrected chi connectivity index (χ3v) is 4.88. The van der Waals surface area contributed by atoms with Crippen molar-refractivity contribution < 1.29 is 23.9 Å². The maximum Gasteiger partial charge on any atom is 0.305 e. The lowest BCUT2D eigenvalue weighted by Gasteiger charge is -2.17. The van der Waals surface area contributed by atoms with Gasteiger partial charge in [0.25, 0.3) is 11.9 Å². The van der Waals surface area contributed by atoms with E-state index in [0.29, 0.717) is 27.9 Å². The van der Waals surface area contributed by atoms with Gasteiger partial charge in [0.1, 0.15) is 5.52 Å². The largest absolute Gasteiger partial charge is 0.481 e. The second-order valence-electron chi connectivity index (χ2n) is 7.38. The molecule has 10 heteroatoms. The molecule has 0 aliphatic carbocycles. The Kier molecular flexibility index (Phi) is 6.78. The number of carboxylic acids is 1. The van der Waals surface area contributed by atoms with Crippen molar-refractivity contribution in [3.05, 3.63) is 84.2 Å². The third-order valence-electron chi connectivity index (χ3n) is 4.88. The van der Waals surface area contributed by atoms with Crippen molar-refractivity contribution in [1.82, 2.24) is 20.6 Å². The zero-order valence-electron chi connectivity index (χ0n) is 17.9. The zero-order valence-corrected chi connectivity index (χ0v) is 17.9. The van der Waals surface area contributed by atoms with Crippen molar-refractivity contribution in [3.63, 3.8) is 0 Å². The lowest BCUT2D eigenvalue weighted by atomic mass is 10.1. The van der Waals surface area contributed by atoms with Crippen LogP contribution in [-0.4, -0.2) is 39.4 Å². The Morgan fingerprint density at radius 2 is 1.88 bits per heavy atom. The number of amides is 2. The number of carbonyl (C=O) groups is 3. The molecule has 10 nitrogen and oxygen atoms in total. The van der Waals surface area contributed by atoms with Crippen LogP contribution in [0.4, 0.5) is 11.7 Å². The first-order valence-electron chi connectivity index (χ1n) is 10.4. The van der Waals surface area contributed by atoms with Gasteiger partial charge in [0.15, 0.2) is 5.58 Å². The quantitative estimate of drug-likeness (QED) is 0.299. The summed E-state index contributed by atoms with van der Waals surface area (Å²) in [6.45, 7) is -0.321. The molecule has 0 bridgehead atoms. The number of hydrogen-bond acceptors (Lipinski definition) is 7. The number of aliphatic carboxylic acids is 1. The molecule has 172 valence electrons. The van der Waals surface area contributed by atoms with Gasteiger partial charge in [-0.1, -0.05) is 24.3 Å². The highest BCUT2D eigenvalue weighted by Crippen LogP contribution is 2.22. The third kappa shape index (κ3) is 5.74. The second-order valence-corrected chi connectivity index (χ2v) is 7.38. The van der Waals surface area contributed by atoms with Gasteiger partial charge in [-0.15, -0.1) is 0 Å². The van der Waals surface area contributed by atoms with Crippen LogP contribution in [0.3, 0.4) is 0 Å². The molecule has 0 fully saturated rings. The molecule has 0 aliphatic rings. The molecule has 0 aliphatic heterocycles. The Hall–Kier alpha value is -4.73. The molecule has 2 heterocycles. The summed E-state index contributed by atoms with van der Waals surface area (Å²) in [7, 11) is 0. The first kappa shape index (κ1) is 22.5. The normalized spacial score (nSPS) is 11.5. The van der Waals surface area contributed by atoms with Gasteiger partial charge in [0, 0.05) is 23.6 Å². The fourth-order valence-electron chi connectivity index (χ4n) is 3.30. The van der Waals surface area contributed by atoms with Gasteiger partial charge in [-0.05, 0) is 42.0 Å². The van der Waals surface area contributed by atoms with E-state index in [4.69, 9.17) is 9.52 Å². The predicted molar refractivity (Wildman–Crippen MR) is 123 cm³/mol. The van der Waals surface area contributed by atoms with Crippen LogP contribution >= 0.6 is 0 Å². The molecular weight excluding hydrogens is 438 g/mol. The van der Waals surface area contributed by atoms with Crippen LogP contribution in [0.5, 0.6) is 0 Å². The first-order chi connectivity index (χ1) is 16.5. The summed E-state index contributed by atoms with van der Waals surface area (Å²) >= 11 is 0. The van der Waals surface area contributed by atoms with E-state index in [0.717, 1.165) is 0 Å². The number of benzene rings is 2. The summed E-state index contributed by atoms with van der Waals surface area (Å²) < 4.78 is 5.63. The van der Waals surface area contributed by atoms with Crippen LogP contribution in [0.15, 0.2) is 77.5 Å². The summed E-state index contributed by atoms with van der Waals surface area (Å²) in [6, 6.07) is 16.8. The molecule has 1 atom stereocenters. The Morgan fingerprint density at radius 1 is 1.03 bits per heavy atom. The summed E-state index contributed by atoms with van der Waals surface area (Å²) in [5, 5.41) is 17.3. The molecule has 0 radical (unpaired) electrons. The molecule has 34 heavy (non-hydrogen) atoms. The first-order valence-corrected chi connectivity index (χ1v) is 10.4. The van der Waals surface area contributed by atoms with Gasteiger partial charge in [-0.2, -0.15) is 4.98 Å². The summed E-state index contributed by atoms with van der Waals surface area (Å²) in [6.07, 6.45) is 2.73. The molecule has 2 amide bonds. The minimum Gasteiger partial charge on any atom is -0.481 e. The molecule has 4 aromatic rings. The lowest BCUT2D eigenvalue weighted by molar-refractivity contribution is -0.137. The molecule has 2 aromatic carbocycles. The maximum absolute atomic E-state index is 12.6. The van der Waals surface area contributed by atoms with E-state index >= 15 is 0 Å². The number of carbonyl (C=O) groups excluding carboxylic acids is 2. The number of rotatable bonds is 9. The number of pyridine rings is 1. The molecule has 4 rings (SSSR count). The maximum atomic E-state index is 12.6. The molecule has 0 saturated heterocycles. The summed E-state index contributed by atoms with van der Waals surface area (Å²) in [5.41, 5.74) is 2.81. The lowest BCUT2D eigenvalue weighted by Crippen LogP contribution is -2.39. The van der Waals surface area contributed by atoms with Gasteiger partial charge >= 0.3 is 5.97 Å². The molecule has 0 saturated carbocycles. The van der Waals surface area contributed by atoms with Crippen molar-refractivity contribution in [2.45, 2.75) is 12.5 Å². The van der Waals surface area contributed by atoms with Crippen LogP contribution in [0.25, 0.3) is 11.1 Å². The second kappa shape index (κ2) is 10.3. The SMILES string of the molecule is O=C(O)CC(NC(=O)CNC(=O)c1cccc(Nc2nc3ccccc3o2)c1)c1cccnc1. The van der Waals surface area contributed by atoms with E-state index < -0.39 is 23.8 Å². The highest BCUT2D eigenvalue weighted by molar-refractivity contribution is 5.97. The van der Waals surface area contributed by atoms with E-state index in [2.05, 4.69) is 25.9 Å². The minimum atomic E-state index is -1.07. The predicted octanol–water partition coefficient (Wildman–Crippen LogP) is 3.03. The van der Waals surface area contributed by atoms with Crippen molar-refractivity contribution in [2.24, 2.45) is 0 Å². The Labute approximate surface area is 194 Å². The van der Waals surface area contributed by atoms with E-state index in [1.165, 1.54) is 6.20 Å². The van der Waals surface area contributed by atoms with Crippen LogP contribution in [0.1, 0.15) is 28.4 Å². The Morgan fingerprint density at radius 3 is 2.65 bits per heavy atom. The summed E-state index contributed by atoms with van der Waals surface area (Å²) in [4.78, 5) is 44.4. The van der Waals surface area contributed by atoms with E-state index in [9.17, 15) is 14.4 Å². The Balaban J connectivity index is 1.36. The minimum absolute atomic E-state index is 0.290. The standard InChI is InChI=1S/C24H21N5O5/c30-21(28-19(12-22(31)32)16-6-4-10-25-13-16)14-26-23(33)15-5-3-7-17(11-15)27-24-29-18-8-1-2-9-20(18)34-24/h1-11,13,19H,12,14H2,(H,26,33)(H,27,29)(H,28,30)(H,31,32). The molecule has 1 unspecified atom stereocenters. The fraction of sp³-hybridized carbons (Fsp3) is 0.125. The van der Waals surface area contributed by atoms with Crippen molar-refractivity contribution in [3.8, 4) is 0 Å². The highest BCUT2D eigenvalue weighted by atomic mass is 16.4. The van der Waals surface area contributed by atoms with Gasteiger partial charge in [0.2, 0.25) is 5.91 Å².